The maximum absolute atomic E-state index is 11.6. The number of aryl methyl sites for hydroxylation is 1. The molecular weight excluding hydrogens is 262 g/mol. The highest BCUT2D eigenvalue weighted by Gasteiger charge is 2.12. The molecule has 0 saturated heterocycles. The van der Waals surface area contributed by atoms with Crippen molar-refractivity contribution in [1.82, 2.24) is 24.6 Å². The van der Waals surface area contributed by atoms with Gasteiger partial charge in [-0.2, -0.15) is 9.36 Å². The highest BCUT2D eigenvalue weighted by atomic mass is 35.5. The third-order valence-corrected chi connectivity index (χ3v) is 2.98. The van der Waals surface area contributed by atoms with Crippen molar-refractivity contribution in [3.63, 3.8) is 0 Å². The molecular formula is C9H8ClN5OS. The first kappa shape index (κ1) is 11.9. The Hall–Kier alpha value is -1.60. The molecule has 0 fully saturated rings. The van der Waals surface area contributed by atoms with Gasteiger partial charge in [-0.15, -0.1) is 0 Å². The van der Waals surface area contributed by atoms with Gasteiger partial charge in [0.2, 0.25) is 10.3 Å². The highest BCUT2D eigenvalue weighted by molar-refractivity contribution is 7.07. The Morgan fingerprint density at radius 2 is 2.24 bits per heavy atom. The SMILES string of the molecule is Cc1nccnc1CNC(=O)c1nc(Cl)ns1. The smallest absolute Gasteiger partial charge is 0.282 e. The van der Waals surface area contributed by atoms with Gasteiger partial charge in [0.1, 0.15) is 0 Å². The summed E-state index contributed by atoms with van der Waals surface area (Å²) >= 11 is 6.49. The standard InChI is InChI=1S/C9H8ClN5OS/c1-5-6(12-3-2-11-5)4-13-7(16)8-14-9(10)15-17-8/h2-3H,4H2,1H3,(H,13,16). The molecule has 0 aromatic carbocycles. The highest BCUT2D eigenvalue weighted by Crippen LogP contribution is 2.08. The minimum absolute atomic E-state index is 0.0795. The number of nitrogens with zero attached hydrogens (tertiary/aromatic N) is 4. The third-order valence-electron chi connectivity index (χ3n) is 1.99. The number of nitrogens with one attached hydrogen (secondary N) is 1. The number of aromatic nitrogens is 4. The molecule has 2 aromatic heterocycles. The van der Waals surface area contributed by atoms with Gasteiger partial charge in [0.25, 0.3) is 5.91 Å². The van der Waals surface area contributed by atoms with Crippen LogP contribution in [0.3, 0.4) is 0 Å². The van der Waals surface area contributed by atoms with Gasteiger partial charge in [-0.3, -0.25) is 14.8 Å². The van der Waals surface area contributed by atoms with Crippen LogP contribution in [0.2, 0.25) is 5.28 Å². The fraction of sp³-hybridized carbons (Fsp3) is 0.222. The molecule has 88 valence electrons. The summed E-state index contributed by atoms with van der Waals surface area (Å²) in [6.45, 7) is 2.13. The van der Waals surface area contributed by atoms with Crippen molar-refractivity contribution >= 4 is 29.0 Å². The minimum atomic E-state index is -0.320. The Balaban J connectivity index is 1.99. The van der Waals surface area contributed by atoms with Crippen molar-refractivity contribution in [2.45, 2.75) is 13.5 Å². The van der Waals surface area contributed by atoms with E-state index in [0.717, 1.165) is 22.9 Å². The summed E-state index contributed by atoms with van der Waals surface area (Å²) < 4.78 is 3.72. The van der Waals surface area contributed by atoms with Gasteiger partial charge >= 0.3 is 0 Å². The molecule has 6 nitrogen and oxygen atoms in total. The van der Waals surface area contributed by atoms with Crippen LogP contribution in [0.5, 0.6) is 0 Å². The Labute approximate surface area is 106 Å². The van der Waals surface area contributed by atoms with Crippen LogP contribution >= 0.6 is 23.1 Å². The van der Waals surface area contributed by atoms with Crippen LogP contribution in [0.4, 0.5) is 0 Å². The number of hydrogen-bond donors (Lipinski definition) is 1. The summed E-state index contributed by atoms with van der Waals surface area (Å²) in [6.07, 6.45) is 3.18. The monoisotopic (exact) mass is 269 g/mol. The molecule has 0 aliphatic heterocycles. The summed E-state index contributed by atoms with van der Waals surface area (Å²) in [7, 11) is 0. The largest absolute Gasteiger partial charge is 0.344 e. The molecule has 0 atom stereocenters. The Bertz CT molecular complexity index is 544. The molecule has 8 heteroatoms. The van der Waals surface area contributed by atoms with E-state index < -0.39 is 0 Å². The summed E-state index contributed by atoms with van der Waals surface area (Å²) in [5, 5.41) is 2.99. The predicted octanol–water partition coefficient (Wildman–Crippen LogP) is 1.22. The van der Waals surface area contributed by atoms with E-state index in [-0.39, 0.29) is 16.2 Å². The zero-order chi connectivity index (χ0) is 12.3. The lowest BCUT2D eigenvalue weighted by molar-refractivity contribution is 0.0950. The number of halogens is 1. The predicted molar refractivity (Wildman–Crippen MR) is 62.9 cm³/mol. The zero-order valence-corrected chi connectivity index (χ0v) is 10.4. The molecule has 17 heavy (non-hydrogen) atoms. The lowest BCUT2D eigenvalue weighted by atomic mass is 10.3. The first-order valence-corrected chi connectivity index (χ1v) is 5.86. The molecule has 2 heterocycles. The van der Waals surface area contributed by atoms with Crippen LogP contribution < -0.4 is 5.32 Å². The van der Waals surface area contributed by atoms with E-state index in [2.05, 4.69) is 24.6 Å². The number of carbonyl (C=O) groups excluding carboxylic acids is 1. The van der Waals surface area contributed by atoms with E-state index in [1.165, 1.54) is 0 Å². The van der Waals surface area contributed by atoms with Crippen LogP contribution in [0.1, 0.15) is 21.2 Å². The molecule has 0 aliphatic rings. The van der Waals surface area contributed by atoms with E-state index in [0.29, 0.717) is 6.54 Å². The number of carbonyl (C=O) groups is 1. The molecule has 0 aliphatic carbocycles. The summed E-state index contributed by atoms with van der Waals surface area (Å²) in [5.41, 5.74) is 1.50. The Kier molecular flexibility index (Phi) is 3.60. The van der Waals surface area contributed by atoms with Gasteiger partial charge in [0.15, 0.2) is 0 Å². The average Bonchev–Trinajstić information content (AvgIpc) is 2.74. The maximum Gasteiger partial charge on any atom is 0.282 e. The van der Waals surface area contributed by atoms with E-state index in [9.17, 15) is 4.79 Å². The molecule has 0 bridgehead atoms. The first-order chi connectivity index (χ1) is 8.16. The fourth-order valence-electron chi connectivity index (χ4n) is 1.15. The van der Waals surface area contributed by atoms with Gasteiger partial charge < -0.3 is 5.32 Å². The Morgan fingerprint density at radius 3 is 2.88 bits per heavy atom. The minimum Gasteiger partial charge on any atom is -0.344 e. The second kappa shape index (κ2) is 5.15. The van der Waals surface area contributed by atoms with E-state index >= 15 is 0 Å². The van der Waals surface area contributed by atoms with Crippen LogP contribution in [0.15, 0.2) is 12.4 Å². The number of amides is 1. The molecule has 0 saturated carbocycles. The van der Waals surface area contributed by atoms with Gasteiger partial charge in [0, 0.05) is 12.4 Å². The van der Waals surface area contributed by atoms with E-state index in [1.807, 2.05) is 6.92 Å². The molecule has 0 spiro atoms. The van der Waals surface area contributed by atoms with Gasteiger partial charge in [-0.1, -0.05) is 0 Å². The molecule has 2 aromatic rings. The van der Waals surface area contributed by atoms with E-state index in [4.69, 9.17) is 11.6 Å². The topological polar surface area (TPSA) is 80.7 Å². The van der Waals surface area contributed by atoms with Crippen molar-refractivity contribution in [3.8, 4) is 0 Å². The number of rotatable bonds is 3. The molecule has 1 amide bonds. The van der Waals surface area contributed by atoms with Crippen LogP contribution in [0.25, 0.3) is 0 Å². The lowest BCUT2D eigenvalue weighted by Crippen LogP contribution is -2.23. The Morgan fingerprint density at radius 1 is 1.47 bits per heavy atom. The van der Waals surface area contributed by atoms with Crippen molar-refractivity contribution in [2.24, 2.45) is 0 Å². The summed E-state index contributed by atoms with van der Waals surface area (Å²) in [5.74, 6) is -0.320. The van der Waals surface area contributed by atoms with Crippen LogP contribution in [-0.2, 0) is 6.54 Å². The molecule has 0 radical (unpaired) electrons. The van der Waals surface area contributed by atoms with E-state index in [1.54, 1.807) is 12.4 Å². The van der Waals surface area contributed by atoms with Crippen LogP contribution in [0, 0.1) is 6.92 Å². The lowest BCUT2D eigenvalue weighted by Gasteiger charge is -2.03. The quantitative estimate of drug-likeness (QED) is 0.906. The normalized spacial score (nSPS) is 10.2. The van der Waals surface area contributed by atoms with Crippen molar-refractivity contribution in [2.75, 3.05) is 0 Å². The van der Waals surface area contributed by atoms with Gasteiger partial charge in [-0.25, -0.2) is 0 Å². The average molecular weight is 270 g/mol. The molecule has 0 unspecified atom stereocenters. The van der Waals surface area contributed by atoms with Crippen molar-refractivity contribution in [3.05, 3.63) is 34.1 Å². The summed E-state index contributed by atoms with van der Waals surface area (Å²) in [4.78, 5) is 23.6. The summed E-state index contributed by atoms with van der Waals surface area (Å²) in [6, 6.07) is 0. The van der Waals surface area contributed by atoms with Crippen molar-refractivity contribution in [1.29, 1.82) is 0 Å². The zero-order valence-electron chi connectivity index (χ0n) is 8.85. The van der Waals surface area contributed by atoms with Gasteiger partial charge in [0.05, 0.1) is 17.9 Å². The maximum atomic E-state index is 11.6. The first-order valence-electron chi connectivity index (χ1n) is 4.70. The van der Waals surface area contributed by atoms with Gasteiger partial charge in [-0.05, 0) is 30.1 Å². The van der Waals surface area contributed by atoms with Crippen LogP contribution in [-0.4, -0.2) is 25.2 Å². The molecule has 2 rings (SSSR count). The molecule has 1 N–H and O–H groups in total. The number of hydrogen-bond acceptors (Lipinski definition) is 6. The van der Waals surface area contributed by atoms with Crippen molar-refractivity contribution < 1.29 is 4.79 Å². The second-order valence-corrected chi connectivity index (χ2v) is 4.23. The fourth-order valence-corrected chi connectivity index (χ4v) is 1.87. The third kappa shape index (κ3) is 2.95. The second-order valence-electron chi connectivity index (χ2n) is 3.14.